The Bertz CT molecular complexity index is 615. The first-order valence-electron chi connectivity index (χ1n) is 6.64. The van der Waals surface area contributed by atoms with Crippen LogP contribution in [0, 0.1) is 0 Å². The molecule has 1 N–H and O–H groups in total. The third-order valence-corrected chi connectivity index (χ3v) is 2.83. The summed E-state index contributed by atoms with van der Waals surface area (Å²) < 4.78 is 15.5. The maximum absolute atomic E-state index is 11.3. The quantitative estimate of drug-likeness (QED) is 0.857. The summed E-state index contributed by atoms with van der Waals surface area (Å²) in [4.78, 5) is 11.3. The van der Waals surface area contributed by atoms with Crippen LogP contribution in [0.3, 0.4) is 0 Å². The average molecular weight is 290 g/mol. The van der Waals surface area contributed by atoms with Gasteiger partial charge in [-0.1, -0.05) is 12.1 Å². The summed E-state index contributed by atoms with van der Waals surface area (Å²) >= 11 is 0. The van der Waals surface area contributed by atoms with Gasteiger partial charge >= 0.3 is 5.97 Å². The van der Waals surface area contributed by atoms with Crippen molar-refractivity contribution in [2.45, 2.75) is 26.1 Å². The standard InChI is InChI=1S/C16H18O5/c1-10(2)20-12-6-4-5-11(9-12)15(17)13-7-8-14(21-13)16(18)19-3/h4-10,15,17H,1-3H3. The van der Waals surface area contributed by atoms with E-state index in [2.05, 4.69) is 4.74 Å². The van der Waals surface area contributed by atoms with Crippen LogP contribution in [0.25, 0.3) is 0 Å². The molecule has 0 saturated heterocycles. The third-order valence-electron chi connectivity index (χ3n) is 2.83. The second-order valence-electron chi connectivity index (χ2n) is 4.84. The molecule has 0 bridgehead atoms. The zero-order valence-electron chi connectivity index (χ0n) is 12.2. The first kappa shape index (κ1) is 15.1. The maximum atomic E-state index is 11.3. The van der Waals surface area contributed by atoms with E-state index in [1.54, 1.807) is 24.3 Å². The molecule has 21 heavy (non-hydrogen) atoms. The molecular weight excluding hydrogens is 272 g/mol. The smallest absolute Gasteiger partial charge is 0.373 e. The number of carbonyl (C=O) groups excluding carboxylic acids is 1. The van der Waals surface area contributed by atoms with Crippen LogP contribution in [-0.4, -0.2) is 24.3 Å². The summed E-state index contributed by atoms with van der Waals surface area (Å²) in [5.74, 6) is 0.421. The molecule has 0 fully saturated rings. The molecule has 1 heterocycles. The lowest BCUT2D eigenvalue weighted by Gasteiger charge is -2.13. The van der Waals surface area contributed by atoms with Crippen LogP contribution in [0.15, 0.2) is 40.8 Å². The number of furan rings is 1. The first-order valence-corrected chi connectivity index (χ1v) is 6.64. The van der Waals surface area contributed by atoms with Gasteiger partial charge < -0.3 is 19.0 Å². The summed E-state index contributed by atoms with van der Waals surface area (Å²) in [7, 11) is 1.27. The minimum Gasteiger partial charge on any atom is -0.491 e. The number of methoxy groups -OCH3 is 1. The van der Waals surface area contributed by atoms with E-state index in [9.17, 15) is 9.90 Å². The zero-order chi connectivity index (χ0) is 15.4. The Balaban J connectivity index is 2.21. The number of hydrogen-bond acceptors (Lipinski definition) is 5. The number of aliphatic hydroxyl groups excluding tert-OH is 1. The molecule has 0 aliphatic carbocycles. The molecule has 1 unspecified atom stereocenters. The summed E-state index contributed by atoms with van der Waals surface area (Å²) in [6, 6.07) is 10.1. The number of hydrogen-bond donors (Lipinski definition) is 1. The lowest BCUT2D eigenvalue weighted by molar-refractivity contribution is 0.0558. The van der Waals surface area contributed by atoms with Gasteiger partial charge in [-0.05, 0) is 43.7 Å². The van der Waals surface area contributed by atoms with Gasteiger partial charge in [0, 0.05) is 0 Å². The van der Waals surface area contributed by atoms with Crippen LogP contribution < -0.4 is 4.74 Å². The van der Waals surface area contributed by atoms with E-state index in [4.69, 9.17) is 9.15 Å². The Hall–Kier alpha value is -2.27. The summed E-state index contributed by atoms with van der Waals surface area (Å²) in [5, 5.41) is 10.3. The van der Waals surface area contributed by atoms with Gasteiger partial charge in [-0.15, -0.1) is 0 Å². The molecule has 1 atom stereocenters. The van der Waals surface area contributed by atoms with Crippen molar-refractivity contribution in [3.8, 4) is 5.75 Å². The van der Waals surface area contributed by atoms with E-state index in [0.717, 1.165) is 0 Å². The normalized spacial score (nSPS) is 12.2. The Morgan fingerprint density at radius 2 is 2.00 bits per heavy atom. The molecule has 0 radical (unpaired) electrons. The lowest BCUT2D eigenvalue weighted by atomic mass is 10.1. The summed E-state index contributed by atoms with van der Waals surface area (Å²) in [6.07, 6.45) is -0.925. The average Bonchev–Trinajstić information content (AvgIpc) is 2.95. The molecule has 5 heteroatoms. The van der Waals surface area contributed by atoms with E-state index >= 15 is 0 Å². The van der Waals surface area contributed by atoms with Crippen LogP contribution in [-0.2, 0) is 4.74 Å². The maximum Gasteiger partial charge on any atom is 0.373 e. The van der Waals surface area contributed by atoms with E-state index < -0.39 is 12.1 Å². The minimum atomic E-state index is -0.973. The van der Waals surface area contributed by atoms with Gasteiger partial charge in [0.05, 0.1) is 13.2 Å². The zero-order valence-corrected chi connectivity index (χ0v) is 12.2. The predicted molar refractivity (Wildman–Crippen MR) is 76.3 cm³/mol. The van der Waals surface area contributed by atoms with Crippen molar-refractivity contribution in [3.63, 3.8) is 0 Å². The number of aliphatic hydroxyl groups is 1. The highest BCUT2D eigenvalue weighted by atomic mass is 16.5. The highest BCUT2D eigenvalue weighted by molar-refractivity contribution is 5.86. The Morgan fingerprint density at radius 3 is 2.67 bits per heavy atom. The Morgan fingerprint density at radius 1 is 1.24 bits per heavy atom. The van der Waals surface area contributed by atoms with Crippen molar-refractivity contribution in [2.75, 3.05) is 7.11 Å². The second-order valence-corrected chi connectivity index (χ2v) is 4.84. The van der Waals surface area contributed by atoms with Gasteiger partial charge in [-0.25, -0.2) is 4.79 Å². The molecule has 5 nitrogen and oxygen atoms in total. The molecule has 1 aromatic heterocycles. The fourth-order valence-electron chi connectivity index (χ4n) is 1.90. The minimum absolute atomic E-state index is 0.0481. The molecule has 112 valence electrons. The number of ether oxygens (including phenoxy) is 2. The monoisotopic (exact) mass is 290 g/mol. The van der Waals surface area contributed by atoms with E-state index in [1.807, 2.05) is 19.9 Å². The topological polar surface area (TPSA) is 68.9 Å². The lowest BCUT2D eigenvalue weighted by Crippen LogP contribution is -2.06. The highest BCUT2D eigenvalue weighted by Crippen LogP contribution is 2.27. The molecule has 0 aliphatic rings. The molecule has 0 aliphatic heterocycles. The predicted octanol–water partition coefficient (Wildman–Crippen LogP) is 2.94. The fraction of sp³-hybridized carbons (Fsp3) is 0.312. The van der Waals surface area contributed by atoms with Gasteiger partial charge in [0.15, 0.2) is 0 Å². The van der Waals surface area contributed by atoms with Gasteiger partial charge in [0.2, 0.25) is 5.76 Å². The van der Waals surface area contributed by atoms with E-state index in [-0.39, 0.29) is 17.6 Å². The van der Waals surface area contributed by atoms with Crippen LogP contribution in [0.5, 0.6) is 5.75 Å². The van der Waals surface area contributed by atoms with Gasteiger partial charge in [-0.2, -0.15) is 0 Å². The van der Waals surface area contributed by atoms with Gasteiger partial charge in [-0.3, -0.25) is 0 Å². The number of esters is 1. The fourth-order valence-corrected chi connectivity index (χ4v) is 1.90. The summed E-state index contributed by atoms with van der Waals surface area (Å²) in [5.41, 5.74) is 0.624. The van der Waals surface area contributed by atoms with Crippen molar-refractivity contribution < 1.29 is 23.8 Å². The van der Waals surface area contributed by atoms with Crippen molar-refractivity contribution >= 4 is 5.97 Å². The van der Waals surface area contributed by atoms with Crippen molar-refractivity contribution in [2.24, 2.45) is 0 Å². The van der Waals surface area contributed by atoms with Crippen LogP contribution in [0.4, 0.5) is 0 Å². The number of carbonyl (C=O) groups is 1. The van der Waals surface area contributed by atoms with Crippen LogP contribution >= 0.6 is 0 Å². The van der Waals surface area contributed by atoms with Gasteiger partial charge in [0.1, 0.15) is 17.6 Å². The second kappa shape index (κ2) is 6.45. The van der Waals surface area contributed by atoms with E-state index in [0.29, 0.717) is 11.3 Å². The van der Waals surface area contributed by atoms with Crippen LogP contribution in [0.2, 0.25) is 0 Å². The van der Waals surface area contributed by atoms with Crippen molar-refractivity contribution in [1.82, 2.24) is 0 Å². The largest absolute Gasteiger partial charge is 0.491 e. The van der Waals surface area contributed by atoms with Gasteiger partial charge in [0.25, 0.3) is 0 Å². The van der Waals surface area contributed by atoms with E-state index in [1.165, 1.54) is 13.2 Å². The summed E-state index contributed by atoms with van der Waals surface area (Å²) in [6.45, 7) is 3.86. The number of rotatable bonds is 5. The first-order chi connectivity index (χ1) is 10.0. The van der Waals surface area contributed by atoms with Crippen molar-refractivity contribution in [3.05, 3.63) is 53.5 Å². The van der Waals surface area contributed by atoms with Crippen LogP contribution in [0.1, 0.15) is 41.8 Å². The molecule has 2 aromatic rings. The molecule has 1 aromatic carbocycles. The highest BCUT2D eigenvalue weighted by Gasteiger charge is 2.18. The molecule has 0 saturated carbocycles. The molecular formula is C16H18O5. The number of benzene rings is 1. The SMILES string of the molecule is COC(=O)c1ccc(C(O)c2cccc(OC(C)C)c2)o1. The molecule has 2 rings (SSSR count). The molecule has 0 spiro atoms. The Kier molecular flexibility index (Phi) is 4.65. The Labute approximate surface area is 123 Å². The molecule has 0 amide bonds. The third kappa shape index (κ3) is 3.64. The van der Waals surface area contributed by atoms with Crippen molar-refractivity contribution in [1.29, 1.82) is 0 Å².